The van der Waals surface area contributed by atoms with Crippen LogP contribution in [0.15, 0.2) is 12.3 Å². The molecule has 5 nitrogen and oxygen atoms in total. The number of nitrogens with one attached hydrogen (secondary N) is 1. The van der Waals surface area contributed by atoms with Crippen molar-refractivity contribution in [2.75, 3.05) is 26.7 Å². The number of aromatic nitrogens is 2. The van der Waals surface area contributed by atoms with E-state index < -0.39 is 0 Å². The molecule has 5 heteroatoms. The highest BCUT2D eigenvalue weighted by molar-refractivity contribution is 4.98. The van der Waals surface area contributed by atoms with Crippen LogP contribution in [-0.2, 0) is 6.54 Å². The van der Waals surface area contributed by atoms with Gasteiger partial charge in [-0.25, -0.2) is 0 Å². The number of rotatable bonds is 4. The first kappa shape index (κ1) is 12.5. The highest BCUT2D eigenvalue weighted by Gasteiger charge is 2.27. The minimum Gasteiger partial charge on any atom is -0.326 e. The first-order chi connectivity index (χ1) is 8.19. The molecule has 1 aliphatic heterocycles. The average molecular weight is 237 g/mol. The summed E-state index contributed by atoms with van der Waals surface area (Å²) in [6, 6.07) is 2.89. The molecule has 2 rings (SSSR count). The number of hydrogen-bond donors (Lipinski definition) is 2. The van der Waals surface area contributed by atoms with Crippen molar-refractivity contribution >= 4 is 0 Å². The van der Waals surface area contributed by atoms with E-state index in [1.54, 1.807) is 0 Å². The Kier molecular flexibility index (Phi) is 4.15. The quantitative estimate of drug-likeness (QED) is 0.789. The lowest BCUT2D eigenvalue weighted by atomic mass is 10.0. The predicted octanol–water partition coefficient (Wildman–Crippen LogP) is 0.263. The Morgan fingerprint density at radius 1 is 1.59 bits per heavy atom. The second kappa shape index (κ2) is 5.62. The van der Waals surface area contributed by atoms with Crippen LogP contribution in [0.2, 0.25) is 0 Å². The zero-order valence-electron chi connectivity index (χ0n) is 10.8. The summed E-state index contributed by atoms with van der Waals surface area (Å²) in [4.78, 5) is 4.80. The molecule has 3 N–H and O–H groups in total. The van der Waals surface area contributed by atoms with E-state index in [9.17, 15) is 0 Å². The first-order valence-electron chi connectivity index (χ1n) is 6.35. The van der Waals surface area contributed by atoms with E-state index in [-0.39, 0.29) is 0 Å². The smallest absolute Gasteiger partial charge is 0.0492 e. The molecule has 17 heavy (non-hydrogen) atoms. The van der Waals surface area contributed by atoms with Gasteiger partial charge in [0.05, 0.1) is 0 Å². The van der Waals surface area contributed by atoms with Crippen molar-refractivity contribution in [3.05, 3.63) is 18.0 Å². The van der Waals surface area contributed by atoms with E-state index in [1.165, 1.54) is 5.69 Å². The fourth-order valence-corrected chi connectivity index (χ4v) is 2.69. The highest BCUT2D eigenvalue weighted by atomic mass is 15.2. The Balaban J connectivity index is 1.97. The third-order valence-electron chi connectivity index (χ3n) is 3.50. The number of H-pyrrole nitrogens is 1. The maximum atomic E-state index is 6.09. The SMILES string of the molecule is CCN(Cc1ccn[nH]1)[C@@H]1C[C@H](N)CN(C)C1. The van der Waals surface area contributed by atoms with Crippen molar-refractivity contribution in [3.8, 4) is 0 Å². The summed E-state index contributed by atoms with van der Waals surface area (Å²) in [5, 5.41) is 7.02. The number of likely N-dealkylation sites (tertiary alicyclic amines) is 1. The van der Waals surface area contributed by atoms with Gasteiger partial charge in [-0.05, 0) is 26.1 Å². The molecular formula is C12H23N5. The Labute approximate surface area is 103 Å². The van der Waals surface area contributed by atoms with Crippen LogP contribution in [0.25, 0.3) is 0 Å². The summed E-state index contributed by atoms with van der Waals surface area (Å²) < 4.78 is 0. The van der Waals surface area contributed by atoms with E-state index >= 15 is 0 Å². The Morgan fingerprint density at radius 2 is 2.41 bits per heavy atom. The molecule has 1 aromatic rings. The van der Waals surface area contributed by atoms with Crippen LogP contribution in [0.1, 0.15) is 19.0 Å². The van der Waals surface area contributed by atoms with Gasteiger partial charge >= 0.3 is 0 Å². The van der Waals surface area contributed by atoms with Gasteiger partial charge in [-0.2, -0.15) is 5.10 Å². The van der Waals surface area contributed by atoms with Crippen LogP contribution in [0, 0.1) is 0 Å². The molecule has 0 spiro atoms. The van der Waals surface area contributed by atoms with Crippen LogP contribution in [0.5, 0.6) is 0 Å². The molecule has 0 saturated carbocycles. The van der Waals surface area contributed by atoms with Crippen LogP contribution in [0.4, 0.5) is 0 Å². The van der Waals surface area contributed by atoms with Crippen molar-refractivity contribution in [3.63, 3.8) is 0 Å². The second-order valence-electron chi connectivity index (χ2n) is 5.02. The highest BCUT2D eigenvalue weighted by Crippen LogP contribution is 2.16. The molecule has 0 bridgehead atoms. The average Bonchev–Trinajstić information content (AvgIpc) is 2.77. The monoisotopic (exact) mass is 237 g/mol. The van der Waals surface area contributed by atoms with E-state index in [4.69, 9.17) is 5.73 Å². The Morgan fingerprint density at radius 3 is 3.00 bits per heavy atom. The van der Waals surface area contributed by atoms with Gasteiger partial charge in [0.1, 0.15) is 0 Å². The van der Waals surface area contributed by atoms with E-state index in [0.29, 0.717) is 12.1 Å². The Bertz CT molecular complexity index is 314. The molecule has 96 valence electrons. The van der Waals surface area contributed by atoms with Gasteiger partial charge < -0.3 is 10.6 Å². The van der Waals surface area contributed by atoms with Crippen molar-refractivity contribution < 1.29 is 0 Å². The zero-order chi connectivity index (χ0) is 12.3. The van der Waals surface area contributed by atoms with Crippen LogP contribution < -0.4 is 5.73 Å². The number of hydrogen-bond acceptors (Lipinski definition) is 4. The summed E-state index contributed by atoms with van der Waals surface area (Å²) in [6.07, 6.45) is 2.90. The van der Waals surface area contributed by atoms with Crippen molar-refractivity contribution in [1.29, 1.82) is 0 Å². The van der Waals surface area contributed by atoms with Gasteiger partial charge in [0.15, 0.2) is 0 Å². The van der Waals surface area contributed by atoms with E-state index in [1.807, 2.05) is 12.3 Å². The molecule has 1 aliphatic rings. The van der Waals surface area contributed by atoms with Gasteiger partial charge in [0.2, 0.25) is 0 Å². The fourth-order valence-electron chi connectivity index (χ4n) is 2.69. The summed E-state index contributed by atoms with van der Waals surface area (Å²) in [5.74, 6) is 0. The topological polar surface area (TPSA) is 61.2 Å². The Hall–Kier alpha value is -0.910. The third-order valence-corrected chi connectivity index (χ3v) is 3.50. The standard InChI is InChI=1S/C12H23N5/c1-3-17(8-11-4-5-14-15-11)12-6-10(13)7-16(2)9-12/h4-5,10,12H,3,6-9,13H2,1-2H3,(H,14,15)/t10-,12+/m0/s1. The van der Waals surface area contributed by atoms with E-state index in [0.717, 1.165) is 32.6 Å². The molecule has 0 aromatic carbocycles. The summed E-state index contributed by atoms with van der Waals surface area (Å²) in [6.45, 7) is 6.30. The molecule has 0 unspecified atom stereocenters. The summed E-state index contributed by atoms with van der Waals surface area (Å²) >= 11 is 0. The zero-order valence-corrected chi connectivity index (χ0v) is 10.8. The molecule has 1 fully saturated rings. The van der Waals surface area contributed by atoms with Crippen molar-refractivity contribution in [2.24, 2.45) is 5.73 Å². The van der Waals surface area contributed by atoms with Gasteiger partial charge in [0, 0.05) is 43.6 Å². The second-order valence-corrected chi connectivity index (χ2v) is 5.02. The van der Waals surface area contributed by atoms with Crippen LogP contribution >= 0.6 is 0 Å². The molecule has 0 radical (unpaired) electrons. The summed E-state index contributed by atoms with van der Waals surface area (Å²) in [5.41, 5.74) is 7.27. The largest absolute Gasteiger partial charge is 0.326 e. The number of piperidine rings is 1. The molecule has 2 heterocycles. The lowest BCUT2D eigenvalue weighted by Gasteiger charge is -2.39. The number of nitrogens with two attached hydrogens (primary N) is 1. The molecule has 0 amide bonds. The van der Waals surface area contributed by atoms with Gasteiger partial charge in [-0.1, -0.05) is 6.92 Å². The molecule has 2 atom stereocenters. The number of aromatic amines is 1. The lowest BCUT2D eigenvalue weighted by Crippen LogP contribution is -2.53. The molecule has 0 aliphatic carbocycles. The van der Waals surface area contributed by atoms with Crippen LogP contribution in [-0.4, -0.2) is 58.8 Å². The summed E-state index contributed by atoms with van der Waals surface area (Å²) in [7, 11) is 2.15. The van der Waals surface area contributed by atoms with Gasteiger partial charge in [0.25, 0.3) is 0 Å². The minimum atomic E-state index is 0.301. The number of nitrogens with zero attached hydrogens (tertiary/aromatic N) is 3. The maximum absolute atomic E-state index is 6.09. The van der Waals surface area contributed by atoms with Gasteiger partial charge in [-0.3, -0.25) is 10.00 Å². The van der Waals surface area contributed by atoms with E-state index in [2.05, 4.69) is 34.0 Å². The number of likely N-dealkylation sites (N-methyl/N-ethyl adjacent to an activating group) is 2. The normalized spacial score (nSPS) is 26.6. The van der Waals surface area contributed by atoms with Crippen molar-refractivity contribution in [1.82, 2.24) is 20.0 Å². The molecule has 1 saturated heterocycles. The first-order valence-corrected chi connectivity index (χ1v) is 6.35. The van der Waals surface area contributed by atoms with Crippen LogP contribution in [0.3, 0.4) is 0 Å². The fraction of sp³-hybridized carbons (Fsp3) is 0.750. The maximum Gasteiger partial charge on any atom is 0.0492 e. The predicted molar refractivity (Wildman–Crippen MR) is 68.5 cm³/mol. The van der Waals surface area contributed by atoms with Gasteiger partial charge in [-0.15, -0.1) is 0 Å². The molecule has 1 aromatic heterocycles. The molecular weight excluding hydrogens is 214 g/mol. The van der Waals surface area contributed by atoms with Crippen molar-refractivity contribution in [2.45, 2.75) is 32.0 Å². The lowest BCUT2D eigenvalue weighted by molar-refractivity contribution is 0.0989. The minimum absolute atomic E-state index is 0.301. The third kappa shape index (κ3) is 3.28.